The Bertz CT molecular complexity index is 981. The summed E-state index contributed by atoms with van der Waals surface area (Å²) < 4.78 is 32.1. The number of nitrogens with zero attached hydrogens (tertiary/aromatic N) is 1. The summed E-state index contributed by atoms with van der Waals surface area (Å²) in [6.07, 6.45) is 0.234. The number of carbonyl (C=O) groups is 1. The molecule has 0 saturated carbocycles. The molecule has 1 saturated heterocycles. The van der Waals surface area contributed by atoms with Gasteiger partial charge in [-0.05, 0) is 32.4 Å². The van der Waals surface area contributed by atoms with Gasteiger partial charge in [0.1, 0.15) is 21.7 Å². The van der Waals surface area contributed by atoms with E-state index in [-0.39, 0.29) is 15.0 Å². The number of rotatable bonds is 3. The SMILES string of the molecule is CC1(C)Oc2cc(S(=O)(=O)c3ccccc3)sc2[C@@H](N2CCCC2=O)[C@@H]1O. The molecular weight excluding hydrogens is 386 g/mol. The number of sulfone groups is 1. The largest absolute Gasteiger partial charge is 0.484 e. The number of aliphatic hydroxyl groups excluding tert-OH is 1. The summed E-state index contributed by atoms with van der Waals surface area (Å²) in [7, 11) is -3.69. The van der Waals surface area contributed by atoms with E-state index in [0.717, 1.165) is 17.8 Å². The summed E-state index contributed by atoms with van der Waals surface area (Å²) in [5.74, 6) is 0.401. The van der Waals surface area contributed by atoms with E-state index in [2.05, 4.69) is 0 Å². The first-order chi connectivity index (χ1) is 12.7. The number of hydrogen-bond donors (Lipinski definition) is 1. The van der Waals surface area contributed by atoms with E-state index in [1.165, 1.54) is 6.07 Å². The Balaban J connectivity index is 1.83. The topological polar surface area (TPSA) is 83.9 Å². The van der Waals surface area contributed by atoms with Crippen molar-refractivity contribution < 1.29 is 23.1 Å². The van der Waals surface area contributed by atoms with Crippen LogP contribution in [0.15, 0.2) is 45.5 Å². The van der Waals surface area contributed by atoms with Crippen molar-refractivity contribution in [2.24, 2.45) is 0 Å². The number of ether oxygens (including phenoxy) is 1. The van der Waals surface area contributed by atoms with E-state index in [1.54, 1.807) is 49.1 Å². The smallest absolute Gasteiger partial charge is 0.223 e. The summed E-state index contributed by atoms with van der Waals surface area (Å²) in [6.45, 7) is 4.04. The molecule has 0 bridgehead atoms. The minimum absolute atomic E-state index is 0.0245. The van der Waals surface area contributed by atoms with E-state index in [4.69, 9.17) is 4.74 Å². The van der Waals surface area contributed by atoms with Gasteiger partial charge in [-0.15, -0.1) is 11.3 Å². The van der Waals surface area contributed by atoms with Crippen LogP contribution < -0.4 is 4.74 Å². The predicted octanol–water partition coefficient (Wildman–Crippen LogP) is 2.78. The van der Waals surface area contributed by atoms with Crippen LogP contribution in [0, 0.1) is 0 Å². The van der Waals surface area contributed by atoms with E-state index in [9.17, 15) is 18.3 Å². The molecule has 1 amide bonds. The Morgan fingerprint density at radius 2 is 1.96 bits per heavy atom. The first-order valence-corrected chi connectivity index (χ1v) is 11.1. The minimum atomic E-state index is -3.69. The van der Waals surface area contributed by atoms with Crippen molar-refractivity contribution in [2.45, 2.75) is 53.5 Å². The fraction of sp³-hybridized carbons (Fsp3) is 0.421. The highest BCUT2D eigenvalue weighted by atomic mass is 32.2. The number of hydrogen-bond acceptors (Lipinski definition) is 6. The third-order valence-corrected chi connectivity index (χ3v) is 8.55. The number of thiophene rings is 1. The van der Waals surface area contributed by atoms with Crippen molar-refractivity contribution in [1.29, 1.82) is 0 Å². The molecule has 6 nitrogen and oxygen atoms in total. The zero-order valence-corrected chi connectivity index (χ0v) is 16.7. The Kier molecular flexibility index (Phi) is 4.32. The van der Waals surface area contributed by atoms with E-state index < -0.39 is 27.6 Å². The molecule has 8 heteroatoms. The Morgan fingerprint density at radius 3 is 2.59 bits per heavy atom. The Labute approximate surface area is 162 Å². The van der Waals surface area contributed by atoms with Gasteiger partial charge >= 0.3 is 0 Å². The summed E-state index contributed by atoms with van der Waals surface area (Å²) in [5.41, 5.74) is -0.935. The number of likely N-dealkylation sites (tertiary alicyclic amines) is 1. The third kappa shape index (κ3) is 2.96. The summed E-state index contributed by atoms with van der Waals surface area (Å²) in [4.78, 5) is 14.8. The average Bonchev–Trinajstić information content (AvgIpc) is 3.23. The predicted molar refractivity (Wildman–Crippen MR) is 101 cm³/mol. The Morgan fingerprint density at radius 1 is 1.26 bits per heavy atom. The highest BCUT2D eigenvalue weighted by molar-refractivity contribution is 7.93. The van der Waals surface area contributed by atoms with Gasteiger partial charge in [-0.25, -0.2) is 8.42 Å². The molecule has 4 rings (SSSR count). The fourth-order valence-electron chi connectivity index (χ4n) is 3.64. The Hall–Kier alpha value is -1.90. The van der Waals surface area contributed by atoms with Crippen molar-refractivity contribution in [3.05, 3.63) is 41.3 Å². The maximum absolute atomic E-state index is 13.0. The second-order valence-electron chi connectivity index (χ2n) is 7.40. The fourth-order valence-corrected chi connectivity index (χ4v) is 6.61. The van der Waals surface area contributed by atoms with Crippen molar-refractivity contribution >= 4 is 27.1 Å². The molecular formula is C19H21NO5S2. The lowest BCUT2D eigenvalue weighted by molar-refractivity contribution is -0.139. The molecule has 2 aliphatic rings. The number of carbonyl (C=O) groups excluding carboxylic acids is 1. The second-order valence-corrected chi connectivity index (χ2v) is 10.7. The molecule has 27 heavy (non-hydrogen) atoms. The van der Waals surface area contributed by atoms with E-state index in [0.29, 0.717) is 23.6 Å². The van der Waals surface area contributed by atoms with Gasteiger partial charge < -0.3 is 14.7 Å². The molecule has 2 atom stereocenters. The van der Waals surface area contributed by atoms with Crippen LogP contribution in [-0.4, -0.2) is 42.6 Å². The molecule has 1 fully saturated rings. The summed E-state index contributed by atoms with van der Waals surface area (Å²) >= 11 is 1.07. The lowest BCUT2D eigenvalue weighted by Crippen LogP contribution is -2.53. The third-order valence-electron chi connectivity index (χ3n) is 5.12. The van der Waals surface area contributed by atoms with Crippen molar-refractivity contribution in [3.8, 4) is 5.75 Å². The molecule has 0 radical (unpaired) electrons. The van der Waals surface area contributed by atoms with Crippen LogP contribution in [0.4, 0.5) is 0 Å². The van der Waals surface area contributed by atoms with Crippen LogP contribution in [0.2, 0.25) is 0 Å². The summed E-state index contributed by atoms with van der Waals surface area (Å²) in [6, 6.07) is 9.14. The molecule has 0 spiro atoms. The average molecular weight is 408 g/mol. The van der Waals surface area contributed by atoms with Gasteiger partial charge in [-0.3, -0.25) is 4.79 Å². The lowest BCUT2D eigenvalue weighted by atomic mass is 9.90. The van der Waals surface area contributed by atoms with Crippen LogP contribution in [0.1, 0.15) is 37.6 Å². The number of amides is 1. The monoisotopic (exact) mass is 407 g/mol. The highest BCUT2D eigenvalue weighted by Crippen LogP contribution is 2.49. The minimum Gasteiger partial charge on any atom is -0.484 e. The highest BCUT2D eigenvalue weighted by Gasteiger charge is 2.49. The molecule has 2 aliphatic heterocycles. The van der Waals surface area contributed by atoms with Crippen LogP contribution in [0.3, 0.4) is 0 Å². The molecule has 0 unspecified atom stereocenters. The molecule has 1 aromatic heterocycles. The zero-order chi connectivity index (χ0) is 19.4. The number of fused-ring (bicyclic) bond motifs is 1. The van der Waals surface area contributed by atoms with Crippen molar-refractivity contribution in [2.75, 3.05) is 6.54 Å². The molecule has 2 aromatic rings. The molecule has 3 heterocycles. The first kappa shape index (κ1) is 18.5. The van der Waals surface area contributed by atoms with Crippen LogP contribution in [0.25, 0.3) is 0 Å². The van der Waals surface area contributed by atoms with Gasteiger partial charge in [-0.1, -0.05) is 18.2 Å². The van der Waals surface area contributed by atoms with Crippen molar-refractivity contribution in [1.82, 2.24) is 4.90 Å². The number of aliphatic hydroxyl groups is 1. The van der Waals surface area contributed by atoms with Gasteiger partial charge in [0.15, 0.2) is 0 Å². The summed E-state index contributed by atoms with van der Waals surface area (Å²) in [5, 5.41) is 10.9. The molecule has 1 N–H and O–H groups in total. The molecule has 0 aliphatic carbocycles. The van der Waals surface area contributed by atoms with Gasteiger partial charge in [0.05, 0.1) is 15.8 Å². The van der Waals surface area contributed by atoms with Crippen LogP contribution in [-0.2, 0) is 14.6 Å². The quantitative estimate of drug-likeness (QED) is 0.846. The van der Waals surface area contributed by atoms with Gasteiger partial charge in [0, 0.05) is 19.0 Å². The van der Waals surface area contributed by atoms with Crippen LogP contribution in [0.5, 0.6) is 5.75 Å². The van der Waals surface area contributed by atoms with Crippen molar-refractivity contribution in [3.63, 3.8) is 0 Å². The first-order valence-electron chi connectivity index (χ1n) is 8.82. The standard InChI is InChI=1S/C19H21NO5S2/c1-19(2)18(22)16(20-10-6-9-14(20)21)17-13(25-19)11-15(26-17)27(23,24)12-7-4-3-5-8-12/h3-5,7-8,11,16,18,22H,6,9-10H2,1-2H3/t16-,18+/m1/s1. The maximum Gasteiger partial charge on any atom is 0.223 e. The van der Waals surface area contributed by atoms with Gasteiger partial charge in [0.25, 0.3) is 0 Å². The van der Waals surface area contributed by atoms with Crippen LogP contribution >= 0.6 is 11.3 Å². The maximum atomic E-state index is 13.0. The lowest BCUT2D eigenvalue weighted by Gasteiger charge is -2.43. The number of benzene rings is 1. The normalized spacial score (nSPS) is 24.6. The zero-order valence-electron chi connectivity index (χ0n) is 15.1. The van der Waals surface area contributed by atoms with Gasteiger partial charge in [-0.2, -0.15) is 0 Å². The van der Waals surface area contributed by atoms with E-state index >= 15 is 0 Å². The van der Waals surface area contributed by atoms with E-state index in [1.807, 2.05) is 0 Å². The second kappa shape index (κ2) is 6.32. The molecule has 144 valence electrons. The molecule has 1 aromatic carbocycles. The van der Waals surface area contributed by atoms with Gasteiger partial charge in [0.2, 0.25) is 15.7 Å².